The van der Waals surface area contributed by atoms with E-state index in [1.54, 1.807) is 11.9 Å². The van der Waals surface area contributed by atoms with E-state index in [1.165, 1.54) is 34.7 Å². The molecule has 4 heterocycles. The Hall–Kier alpha value is -2.50. The molecule has 152 valence electrons. The minimum absolute atomic E-state index is 0.0376. The zero-order valence-corrected chi connectivity index (χ0v) is 17.6. The number of amides is 1. The Bertz CT molecular complexity index is 1180. The van der Waals surface area contributed by atoms with Gasteiger partial charge in [-0.1, -0.05) is 17.8 Å². The monoisotopic (exact) mass is 433 g/mol. The number of carbonyl (C=O) groups excluding carboxylic acids is 1. The number of thiophene rings is 1. The largest absolute Gasteiger partial charge is 0.378 e. The fourth-order valence-electron chi connectivity index (χ4n) is 3.08. The van der Waals surface area contributed by atoms with Crippen LogP contribution in [0.1, 0.15) is 0 Å². The van der Waals surface area contributed by atoms with E-state index < -0.39 is 11.2 Å². The van der Waals surface area contributed by atoms with Gasteiger partial charge in [-0.25, -0.2) is 14.8 Å². The van der Waals surface area contributed by atoms with Gasteiger partial charge in [0.15, 0.2) is 11.5 Å². The molecular formula is C18H19N5O4S2. The Balaban J connectivity index is 1.79. The van der Waals surface area contributed by atoms with Crippen LogP contribution in [-0.4, -0.2) is 62.0 Å². The van der Waals surface area contributed by atoms with Crippen molar-refractivity contribution in [1.82, 2.24) is 24.0 Å². The lowest BCUT2D eigenvalue weighted by atomic mass is 10.3. The highest BCUT2D eigenvalue weighted by Crippen LogP contribution is 2.28. The van der Waals surface area contributed by atoms with E-state index >= 15 is 0 Å². The van der Waals surface area contributed by atoms with Crippen LogP contribution in [0.2, 0.25) is 0 Å². The van der Waals surface area contributed by atoms with Crippen molar-refractivity contribution in [2.24, 2.45) is 14.1 Å². The molecular weight excluding hydrogens is 414 g/mol. The van der Waals surface area contributed by atoms with E-state index in [0.29, 0.717) is 37.2 Å². The average molecular weight is 434 g/mol. The van der Waals surface area contributed by atoms with Gasteiger partial charge in [-0.15, -0.1) is 11.3 Å². The van der Waals surface area contributed by atoms with E-state index in [4.69, 9.17) is 4.74 Å². The molecule has 1 aliphatic rings. The smallest absolute Gasteiger partial charge is 0.332 e. The zero-order valence-electron chi connectivity index (χ0n) is 16.0. The number of hydrogen-bond acceptors (Lipinski definition) is 8. The molecule has 3 aromatic heterocycles. The maximum atomic E-state index is 12.8. The first-order valence-electron chi connectivity index (χ1n) is 8.97. The molecule has 0 bridgehead atoms. The lowest BCUT2D eigenvalue weighted by molar-refractivity contribution is -0.132. The summed E-state index contributed by atoms with van der Waals surface area (Å²) in [5, 5.41) is 2.55. The minimum atomic E-state index is -0.470. The zero-order chi connectivity index (χ0) is 20.5. The van der Waals surface area contributed by atoms with Crippen LogP contribution < -0.4 is 11.2 Å². The number of nitrogens with zero attached hydrogens (tertiary/aromatic N) is 5. The van der Waals surface area contributed by atoms with Crippen molar-refractivity contribution in [3.05, 3.63) is 38.4 Å². The number of morpholine rings is 1. The molecule has 1 fully saturated rings. The number of aromatic nitrogens is 4. The number of aryl methyl sites for hydroxylation is 1. The SMILES string of the molecule is Cn1c(=O)c2c(SCC(=O)N3CCOCC3)nc(-c3cccs3)nc2n(C)c1=O. The minimum Gasteiger partial charge on any atom is -0.378 e. The third-order valence-electron chi connectivity index (χ3n) is 4.70. The van der Waals surface area contributed by atoms with Crippen LogP contribution in [0.4, 0.5) is 0 Å². The van der Waals surface area contributed by atoms with Crippen LogP contribution >= 0.6 is 23.1 Å². The molecule has 0 radical (unpaired) electrons. The van der Waals surface area contributed by atoms with Gasteiger partial charge in [0.1, 0.15) is 10.4 Å². The second-order valence-corrected chi connectivity index (χ2v) is 8.43. The lowest BCUT2D eigenvalue weighted by Gasteiger charge is -2.26. The third kappa shape index (κ3) is 3.72. The molecule has 0 saturated carbocycles. The van der Waals surface area contributed by atoms with Crippen molar-refractivity contribution in [1.29, 1.82) is 0 Å². The molecule has 3 aromatic rings. The number of rotatable bonds is 4. The Morgan fingerprint density at radius 1 is 1.21 bits per heavy atom. The van der Waals surface area contributed by atoms with Crippen LogP contribution in [0.25, 0.3) is 21.7 Å². The molecule has 0 unspecified atom stereocenters. The van der Waals surface area contributed by atoms with E-state index in [2.05, 4.69) is 9.97 Å². The molecule has 0 aromatic carbocycles. The van der Waals surface area contributed by atoms with E-state index in [1.807, 2.05) is 17.5 Å². The number of fused-ring (bicyclic) bond motifs is 1. The topological polar surface area (TPSA) is 99.3 Å². The summed E-state index contributed by atoms with van der Waals surface area (Å²) in [5.74, 6) is 0.531. The van der Waals surface area contributed by atoms with E-state index in [0.717, 1.165) is 9.44 Å². The fourth-order valence-corrected chi connectivity index (χ4v) is 4.66. The molecule has 11 heteroatoms. The van der Waals surface area contributed by atoms with Crippen molar-refractivity contribution in [3.63, 3.8) is 0 Å². The highest BCUT2D eigenvalue weighted by Gasteiger charge is 2.21. The second-order valence-electron chi connectivity index (χ2n) is 6.52. The van der Waals surface area contributed by atoms with Crippen LogP contribution in [0.3, 0.4) is 0 Å². The molecule has 1 saturated heterocycles. The summed E-state index contributed by atoms with van der Waals surface area (Å²) in [5.41, 5.74) is -0.668. The molecule has 0 atom stereocenters. The first-order chi connectivity index (χ1) is 14.0. The van der Waals surface area contributed by atoms with Crippen LogP contribution in [-0.2, 0) is 23.6 Å². The summed E-state index contributed by atoms with van der Waals surface area (Å²) < 4.78 is 7.65. The molecule has 1 aliphatic heterocycles. The van der Waals surface area contributed by atoms with Crippen LogP contribution in [0, 0.1) is 0 Å². The normalized spacial score (nSPS) is 14.5. The van der Waals surface area contributed by atoms with Gasteiger partial charge >= 0.3 is 5.69 Å². The molecule has 29 heavy (non-hydrogen) atoms. The first-order valence-corrected chi connectivity index (χ1v) is 10.8. The van der Waals surface area contributed by atoms with Gasteiger partial charge in [0.2, 0.25) is 5.91 Å². The first kappa shape index (κ1) is 19.8. The molecule has 1 amide bonds. The van der Waals surface area contributed by atoms with Gasteiger partial charge in [-0.3, -0.25) is 18.7 Å². The molecule has 0 N–H and O–H groups in total. The maximum absolute atomic E-state index is 12.8. The predicted molar refractivity (Wildman–Crippen MR) is 111 cm³/mol. The standard InChI is InChI=1S/C18H19N5O4S2/c1-21-15-13(17(25)22(2)18(21)26)16(20-14(19-15)11-4-3-9-28-11)29-10-12(24)23-5-7-27-8-6-23/h3-4,9H,5-8,10H2,1-2H3. The van der Waals surface area contributed by atoms with Gasteiger partial charge in [0.25, 0.3) is 5.56 Å². The predicted octanol–water partition coefficient (Wildman–Crippen LogP) is 0.707. The average Bonchev–Trinajstić information content (AvgIpc) is 3.29. The summed E-state index contributed by atoms with van der Waals surface area (Å²) in [4.78, 5) is 49.4. The Morgan fingerprint density at radius 2 is 1.97 bits per heavy atom. The molecule has 9 nitrogen and oxygen atoms in total. The van der Waals surface area contributed by atoms with Gasteiger partial charge in [0.05, 0.1) is 23.8 Å². The number of carbonyl (C=O) groups is 1. The number of ether oxygens (including phenoxy) is 1. The summed E-state index contributed by atoms with van der Waals surface area (Å²) in [7, 11) is 2.99. The van der Waals surface area contributed by atoms with Gasteiger partial charge in [0, 0.05) is 27.2 Å². The van der Waals surface area contributed by atoms with Crippen molar-refractivity contribution in [2.45, 2.75) is 5.03 Å². The summed E-state index contributed by atoms with van der Waals surface area (Å²) in [6, 6.07) is 3.75. The highest BCUT2D eigenvalue weighted by molar-refractivity contribution is 8.00. The second kappa shape index (κ2) is 8.09. The van der Waals surface area contributed by atoms with Crippen molar-refractivity contribution in [2.75, 3.05) is 32.1 Å². The Kier molecular flexibility index (Phi) is 5.52. The van der Waals surface area contributed by atoms with Gasteiger partial charge < -0.3 is 9.64 Å². The molecule has 4 rings (SSSR count). The number of hydrogen-bond donors (Lipinski definition) is 0. The Labute approximate surface area is 174 Å². The molecule has 0 aliphatic carbocycles. The van der Waals surface area contributed by atoms with Crippen LogP contribution in [0.15, 0.2) is 32.1 Å². The van der Waals surface area contributed by atoms with Crippen molar-refractivity contribution in [3.8, 4) is 10.7 Å². The van der Waals surface area contributed by atoms with E-state index in [9.17, 15) is 14.4 Å². The van der Waals surface area contributed by atoms with Crippen molar-refractivity contribution < 1.29 is 9.53 Å². The summed E-state index contributed by atoms with van der Waals surface area (Å²) in [6.07, 6.45) is 0. The summed E-state index contributed by atoms with van der Waals surface area (Å²) in [6.45, 7) is 2.16. The fraction of sp³-hybridized carbons (Fsp3) is 0.389. The number of thioether (sulfide) groups is 1. The van der Waals surface area contributed by atoms with Crippen molar-refractivity contribution >= 4 is 40.0 Å². The maximum Gasteiger partial charge on any atom is 0.332 e. The Morgan fingerprint density at radius 3 is 2.66 bits per heavy atom. The lowest BCUT2D eigenvalue weighted by Crippen LogP contribution is -2.41. The van der Waals surface area contributed by atoms with Gasteiger partial charge in [-0.2, -0.15) is 0 Å². The summed E-state index contributed by atoms with van der Waals surface area (Å²) >= 11 is 2.66. The third-order valence-corrected chi connectivity index (χ3v) is 6.53. The quantitative estimate of drug-likeness (QED) is 0.441. The highest BCUT2D eigenvalue weighted by atomic mass is 32.2. The van der Waals surface area contributed by atoms with Crippen LogP contribution in [0.5, 0.6) is 0 Å². The van der Waals surface area contributed by atoms with Gasteiger partial charge in [-0.05, 0) is 11.4 Å². The molecule has 0 spiro atoms. The van der Waals surface area contributed by atoms with E-state index in [-0.39, 0.29) is 22.7 Å².